The average molecular weight is 275 g/mol. The number of nitrogens with zero attached hydrogens (tertiary/aromatic N) is 1. The van der Waals surface area contributed by atoms with Crippen LogP contribution in [0.15, 0.2) is 22.6 Å². The van der Waals surface area contributed by atoms with Crippen LogP contribution in [0.3, 0.4) is 0 Å². The quantitative estimate of drug-likeness (QED) is 0.880. The molecule has 0 radical (unpaired) electrons. The van der Waals surface area contributed by atoms with Crippen molar-refractivity contribution in [1.82, 2.24) is 10.3 Å². The minimum absolute atomic E-state index is 0.00391. The third kappa shape index (κ3) is 3.29. The predicted octanol–water partition coefficient (Wildman–Crippen LogP) is 2.85. The molecule has 1 aromatic carbocycles. The fourth-order valence-electron chi connectivity index (χ4n) is 1.92. The Hall–Kier alpha value is -2.04. The van der Waals surface area contributed by atoms with Gasteiger partial charge < -0.3 is 15.1 Å². The fraction of sp³-hybridized carbons (Fsp3) is 0.467. The lowest BCUT2D eigenvalue weighted by atomic mass is 10.2. The summed E-state index contributed by atoms with van der Waals surface area (Å²) in [5.41, 5.74) is 2.41. The fourth-order valence-corrected chi connectivity index (χ4v) is 1.92. The van der Waals surface area contributed by atoms with Crippen LogP contribution in [0, 0.1) is 6.92 Å². The molecule has 2 atom stereocenters. The van der Waals surface area contributed by atoms with Gasteiger partial charge in [-0.2, -0.15) is 0 Å². The maximum Gasteiger partial charge on any atom is 0.242 e. The van der Waals surface area contributed by atoms with Crippen LogP contribution in [0.4, 0.5) is 5.69 Å². The first-order chi connectivity index (χ1) is 9.49. The van der Waals surface area contributed by atoms with E-state index in [1.807, 2.05) is 45.9 Å². The third-order valence-electron chi connectivity index (χ3n) is 3.27. The van der Waals surface area contributed by atoms with E-state index in [-0.39, 0.29) is 18.0 Å². The van der Waals surface area contributed by atoms with Gasteiger partial charge in [-0.25, -0.2) is 4.98 Å². The maximum atomic E-state index is 12.0. The van der Waals surface area contributed by atoms with Crippen molar-refractivity contribution < 1.29 is 9.21 Å². The molecule has 2 N–H and O–H groups in total. The molecule has 0 spiro atoms. The van der Waals surface area contributed by atoms with Crippen molar-refractivity contribution in [2.24, 2.45) is 0 Å². The Morgan fingerprint density at radius 2 is 2.15 bits per heavy atom. The van der Waals surface area contributed by atoms with E-state index in [9.17, 15) is 4.79 Å². The van der Waals surface area contributed by atoms with E-state index in [2.05, 4.69) is 15.6 Å². The van der Waals surface area contributed by atoms with Crippen LogP contribution < -0.4 is 10.6 Å². The first-order valence-corrected chi connectivity index (χ1v) is 6.93. The second kappa shape index (κ2) is 5.94. The number of carbonyl (C=O) groups is 1. The summed E-state index contributed by atoms with van der Waals surface area (Å²) in [6.07, 6.45) is 0.919. The number of carbonyl (C=O) groups excluding carboxylic acids is 1. The van der Waals surface area contributed by atoms with Crippen molar-refractivity contribution in [2.45, 2.75) is 46.2 Å². The molecule has 2 rings (SSSR count). The molecule has 0 saturated carbocycles. The van der Waals surface area contributed by atoms with Gasteiger partial charge in [0.1, 0.15) is 11.6 Å². The lowest BCUT2D eigenvalue weighted by Gasteiger charge is -2.18. The highest BCUT2D eigenvalue weighted by Gasteiger charge is 2.14. The number of amides is 1. The smallest absolute Gasteiger partial charge is 0.242 e. The Balaban J connectivity index is 2.05. The highest BCUT2D eigenvalue weighted by atomic mass is 16.3. The molecule has 1 heterocycles. The largest absolute Gasteiger partial charge is 0.441 e. The topological polar surface area (TPSA) is 67.2 Å². The Morgan fingerprint density at radius 1 is 1.40 bits per heavy atom. The number of oxazole rings is 1. The van der Waals surface area contributed by atoms with Crippen molar-refractivity contribution in [1.29, 1.82) is 0 Å². The van der Waals surface area contributed by atoms with Gasteiger partial charge in [0.2, 0.25) is 5.91 Å². The Bertz CT molecular complexity index is 606. The van der Waals surface area contributed by atoms with E-state index in [1.54, 1.807) is 0 Å². The number of aromatic nitrogens is 1. The normalized spacial score (nSPS) is 14.0. The summed E-state index contributed by atoms with van der Waals surface area (Å²) in [6, 6.07) is 5.53. The molecule has 0 bridgehead atoms. The van der Waals surface area contributed by atoms with Crippen molar-refractivity contribution >= 4 is 22.7 Å². The molecule has 0 aliphatic carbocycles. The second-order valence-corrected chi connectivity index (χ2v) is 5.10. The van der Waals surface area contributed by atoms with Gasteiger partial charge in [-0.3, -0.25) is 4.79 Å². The summed E-state index contributed by atoms with van der Waals surface area (Å²) in [5, 5.41) is 6.13. The Morgan fingerprint density at radius 3 is 2.85 bits per heavy atom. The number of hydrogen-bond acceptors (Lipinski definition) is 4. The highest BCUT2D eigenvalue weighted by molar-refractivity contribution is 5.85. The minimum atomic E-state index is -0.297. The van der Waals surface area contributed by atoms with E-state index in [4.69, 9.17) is 4.42 Å². The van der Waals surface area contributed by atoms with E-state index in [1.165, 1.54) is 0 Å². The van der Waals surface area contributed by atoms with Gasteiger partial charge in [-0.15, -0.1) is 0 Å². The van der Waals surface area contributed by atoms with E-state index in [0.717, 1.165) is 23.2 Å². The zero-order valence-corrected chi connectivity index (χ0v) is 12.4. The number of anilines is 1. The number of nitrogens with one attached hydrogen (secondary N) is 2. The SMILES string of the molecule is CCC(C)NC(=O)C(C)Nc1ccc2oc(C)nc2c1. The number of fused-ring (bicyclic) bond motifs is 1. The van der Waals surface area contributed by atoms with Gasteiger partial charge in [-0.1, -0.05) is 6.92 Å². The first kappa shape index (κ1) is 14.4. The van der Waals surface area contributed by atoms with E-state index in [0.29, 0.717) is 5.89 Å². The molecule has 5 heteroatoms. The molecule has 0 saturated heterocycles. The van der Waals surface area contributed by atoms with Crippen molar-refractivity contribution in [3.63, 3.8) is 0 Å². The standard InChI is InChI=1S/C15H21N3O2/c1-5-9(2)16-15(19)10(3)17-12-6-7-14-13(8-12)18-11(4)20-14/h6-10,17H,5H2,1-4H3,(H,16,19). The van der Waals surface area contributed by atoms with Crippen LogP contribution in [0.1, 0.15) is 33.1 Å². The lowest BCUT2D eigenvalue weighted by Crippen LogP contribution is -2.41. The summed E-state index contributed by atoms with van der Waals surface area (Å²) in [5.74, 6) is 0.635. The predicted molar refractivity (Wildman–Crippen MR) is 79.7 cm³/mol. The number of rotatable bonds is 5. The summed E-state index contributed by atoms with van der Waals surface area (Å²) in [4.78, 5) is 16.3. The van der Waals surface area contributed by atoms with Crippen LogP contribution >= 0.6 is 0 Å². The molecule has 1 aromatic heterocycles. The molecular formula is C15H21N3O2. The van der Waals surface area contributed by atoms with Crippen molar-refractivity contribution in [3.05, 3.63) is 24.1 Å². The molecule has 0 aliphatic heterocycles. The first-order valence-electron chi connectivity index (χ1n) is 6.93. The summed E-state index contributed by atoms with van der Waals surface area (Å²) in [7, 11) is 0. The van der Waals surface area contributed by atoms with E-state index < -0.39 is 0 Å². The molecule has 0 fully saturated rings. The minimum Gasteiger partial charge on any atom is -0.441 e. The Labute approximate surface area is 118 Å². The summed E-state index contributed by atoms with van der Waals surface area (Å²) < 4.78 is 5.42. The zero-order chi connectivity index (χ0) is 14.7. The number of benzene rings is 1. The second-order valence-electron chi connectivity index (χ2n) is 5.10. The van der Waals surface area contributed by atoms with Crippen LogP contribution in [-0.2, 0) is 4.79 Å². The van der Waals surface area contributed by atoms with Gasteiger partial charge in [0, 0.05) is 18.7 Å². The van der Waals surface area contributed by atoms with Crippen molar-refractivity contribution in [3.8, 4) is 0 Å². The molecule has 5 nitrogen and oxygen atoms in total. The van der Waals surface area contributed by atoms with Gasteiger partial charge in [0.05, 0.1) is 0 Å². The third-order valence-corrected chi connectivity index (χ3v) is 3.27. The molecule has 20 heavy (non-hydrogen) atoms. The van der Waals surface area contributed by atoms with Gasteiger partial charge in [-0.05, 0) is 38.5 Å². The highest BCUT2D eigenvalue weighted by Crippen LogP contribution is 2.20. The molecule has 0 aliphatic rings. The van der Waals surface area contributed by atoms with Gasteiger partial charge >= 0.3 is 0 Å². The van der Waals surface area contributed by atoms with Crippen LogP contribution in [0.25, 0.3) is 11.1 Å². The lowest BCUT2D eigenvalue weighted by molar-refractivity contribution is -0.122. The van der Waals surface area contributed by atoms with Crippen LogP contribution in [0.2, 0.25) is 0 Å². The number of hydrogen-bond donors (Lipinski definition) is 2. The molecule has 1 amide bonds. The van der Waals surface area contributed by atoms with Crippen LogP contribution in [0.5, 0.6) is 0 Å². The van der Waals surface area contributed by atoms with Gasteiger partial charge in [0.15, 0.2) is 11.5 Å². The molecule has 2 aromatic rings. The number of aryl methyl sites for hydroxylation is 1. The van der Waals surface area contributed by atoms with Crippen molar-refractivity contribution in [2.75, 3.05) is 5.32 Å². The summed E-state index contributed by atoms with van der Waals surface area (Å²) in [6.45, 7) is 7.70. The van der Waals surface area contributed by atoms with Crippen LogP contribution in [-0.4, -0.2) is 23.0 Å². The maximum absolute atomic E-state index is 12.0. The van der Waals surface area contributed by atoms with E-state index >= 15 is 0 Å². The molecular weight excluding hydrogens is 254 g/mol. The monoisotopic (exact) mass is 275 g/mol. The Kier molecular flexibility index (Phi) is 4.27. The average Bonchev–Trinajstić information content (AvgIpc) is 2.77. The molecule has 2 unspecified atom stereocenters. The van der Waals surface area contributed by atoms with Gasteiger partial charge in [0.25, 0.3) is 0 Å². The zero-order valence-electron chi connectivity index (χ0n) is 12.4. The molecule has 108 valence electrons. The summed E-state index contributed by atoms with van der Waals surface area (Å²) >= 11 is 0.